The van der Waals surface area contributed by atoms with Gasteiger partial charge < -0.3 is 0 Å². The average Bonchev–Trinajstić information content (AvgIpc) is 3.19. The van der Waals surface area contributed by atoms with Gasteiger partial charge in [-0.3, -0.25) is 0 Å². The summed E-state index contributed by atoms with van der Waals surface area (Å²) in [6.45, 7) is 8.51. The summed E-state index contributed by atoms with van der Waals surface area (Å²) in [6.07, 6.45) is 1.94. The van der Waals surface area contributed by atoms with Crippen molar-refractivity contribution in [2.75, 3.05) is 6.54 Å². The fourth-order valence-corrected chi connectivity index (χ4v) is 4.98. The van der Waals surface area contributed by atoms with E-state index in [1.807, 2.05) is 19.9 Å². The standard InChI is InChI=1S/C16H24ClNO2S/c1-11(2)10-18(15-5-6-15)21(19,20)16-8-14(9-17)12(3)7-13(16)4/h7-8,11,15H,5-6,9-10H2,1-4H3. The lowest BCUT2D eigenvalue weighted by Gasteiger charge is -2.25. The zero-order valence-electron chi connectivity index (χ0n) is 13.2. The van der Waals surface area contributed by atoms with Crippen LogP contribution in [-0.4, -0.2) is 25.3 Å². The number of alkyl halides is 1. The van der Waals surface area contributed by atoms with E-state index in [1.165, 1.54) is 0 Å². The minimum Gasteiger partial charge on any atom is -0.207 e. The van der Waals surface area contributed by atoms with E-state index in [0.717, 1.165) is 29.5 Å². The summed E-state index contributed by atoms with van der Waals surface area (Å²) >= 11 is 5.94. The van der Waals surface area contributed by atoms with Crippen LogP contribution in [0.2, 0.25) is 0 Å². The van der Waals surface area contributed by atoms with Crippen LogP contribution in [-0.2, 0) is 15.9 Å². The third-order valence-electron chi connectivity index (χ3n) is 3.86. The van der Waals surface area contributed by atoms with Gasteiger partial charge in [0, 0.05) is 18.5 Å². The van der Waals surface area contributed by atoms with E-state index < -0.39 is 10.0 Å². The van der Waals surface area contributed by atoms with Crippen LogP contribution < -0.4 is 0 Å². The Kier molecular flexibility index (Phi) is 5.01. The molecule has 0 aliphatic heterocycles. The molecule has 5 heteroatoms. The summed E-state index contributed by atoms with van der Waals surface area (Å²) in [6, 6.07) is 3.85. The first kappa shape index (κ1) is 16.8. The molecular formula is C16H24ClNO2S. The van der Waals surface area contributed by atoms with Crippen LogP contribution in [0.5, 0.6) is 0 Å². The number of hydrogen-bond donors (Lipinski definition) is 0. The maximum absolute atomic E-state index is 13.0. The lowest BCUT2D eigenvalue weighted by atomic mass is 10.1. The molecule has 0 bridgehead atoms. The van der Waals surface area contributed by atoms with E-state index in [9.17, 15) is 8.42 Å². The zero-order chi connectivity index (χ0) is 15.8. The quantitative estimate of drug-likeness (QED) is 0.743. The molecule has 0 radical (unpaired) electrons. The van der Waals surface area contributed by atoms with Gasteiger partial charge in [-0.25, -0.2) is 8.42 Å². The van der Waals surface area contributed by atoms with Crippen LogP contribution in [0.25, 0.3) is 0 Å². The van der Waals surface area contributed by atoms with Crippen LogP contribution in [0.15, 0.2) is 17.0 Å². The molecule has 0 atom stereocenters. The van der Waals surface area contributed by atoms with Crippen LogP contribution in [0.4, 0.5) is 0 Å². The maximum Gasteiger partial charge on any atom is 0.243 e. The number of nitrogens with zero attached hydrogens (tertiary/aromatic N) is 1. The number of benzene rings is 1. The van der Waals surface area contributed by atoms with E-state index in [0.29, 0.717) is 23.2 Å². The summed E-state index contributed by atoms with van der Waals surface area (Å²) in [5, 5.41) is 0. The molecule has 1 saturated carbocycles. The maximum atomic E-state index is 13.0. The number of halogens is 1. The number of sulfonamides is 1. The highest BCUT2D eigenvalue weighted by Crippen LogP contribution is 2.34. The second kappa shape index (κ2) is 6.27. The van der Waals surface area contributed by atoms with Gasteiger partial charge in [-0.05, 0) is 55.4 Å². The second-order valence-corrected chi connectivity index (χ2v) is 8.50. The normalized spacial score (nSPS) is 16.0. The molecule has 1 aromatic rings. The van der Waals surface area contributed by atoms with Gasteiger partial charge in [0.05, 0.1) is 4.90 Å². The molecule has 3 nitrogen and oxygen atoms in total. The Bertz CT molecular complexity index is 621. The van der Waals surface area contributed by atoms with Gasteiger partial charge in [-0.1, -0.05) is 19.9 Å². The Labute approximate surface area is 133 Å². The molecule has 0 spiro atoms. The molecule has 118 valence electrons. The third-order valence-corrected chi connectivity index (χ3v) is 6.21. The Hall–Kier alpha value is -0.580. The van der Waals surface area contributed by atoms with Crippen LogP contribution in [0.1, 0.15) is 43.4 Å². The van der Waals surface area contributed by atoms with E-state index in [1.54, 1.807) is 10.4 Å². The van der Waals surface area contributed by atoms with Gasteiger partial charge in [0.25, 0.3) is 0 Å². The number of rotatable bonds is 6. The van der Waals surface area contributed by atoms with Gasteiger partial charge in [-0.15, -0.1) is 11.6 Å². The molecule has 1 fully saturated rings. The van der Waals surface area contributed by atoms with Crippen molar-refractivity contribution in [2.24, 2.45) is 5.92 Å². The van der Waals surface area contributed by atoms with E-state index in [4.69, 9.17) is 11.6 Å². The third kappa shape index (κ3) is 3.61. The molecule has 0 saturated heterocycles. The van der Waals surface area contributed by atoms with Gasteiger partial charge in [0.2, 0.25) is 10.0 Å². The van der Waals surface area contributed by atoms with E-state index >= 15 is 0 Å². The minimum atomic E-state index is -3.44. The van der Waals surface area contributed by atoms with Crippen molar-refractivity contribution in [3.05, 3.63) is 28.8 Å². The molecule has 1 aliphatic rings. The van der Waals surface area contributed by atoms with Crippen LogP contribution in [0.3, 0.4) is 0 Å². The molecule has 0 heterocycles. The summed E-state index contributed by atoms with van der Waals surface area (Å²) in [7, 11) is -3.44. The van der Waals surface area contributed by atoms with Crippen LogP contribution >= 0.6 is 11.6 Å². The molecule has 0 amide bonds. The SMILES string of the molecule is Cc1cc(C)c(S(=O)(=O)N(CC(C)C)C2CC2)cc1CCl. The predicted octanol–water partition coefficient (Wildman–Crippen LogP) is 3.85. The molecule has 2 rings (SSSR count). The number of aryl methyl sites for hydroxylation is 2. The van der Waals surface area contributed by atoms with Crippen molar-refractivity contribution in [2.45, 2.75) is 57.4 Å². The Balaban J connectivity index is 2.46. The molecule has 1 aliphatic carbocycles. The lowest BCUT2D eigenvalue weighted by Crippen LogP contribution is -2.36. The molecular weight excluding hydrogens is 306 g/mol. The average molecular weight is 330 g/mol. The van der Waals surface area contributed by atoms with Crippen molar-refractivity contribution in [1.82, 2.24) is 4.31 Å². The topological polar surface area (TPSA) is 37.4 Å². The minimum absolute atomic E-state index is 0.178. The Morgan fingerprint density at radius 1 is 1.24 bits per heavy atom. The monoisotopic (exact) mass is 329 g/mol. The number of hydrogen-bond acceptors (Lipinski definition) is 2. The molecule has 0 aromatic heterocycles. The van der Waals surface area contributed by atoms with Crippen LogP contribution in [0, 0.1) is 19.8 Å². The summed E-state index contributed by atoms with van der Waals surface area (Å²) in [4.78, 5) is 0.413. The second-order valence-electron chi connectivity index (χ2n) is 6.38. The highest BCUT2D eigenvalue weighted by Gasteiger charge is 2.38. The highest BCUT2D eigenvalue weighted by atomic mass is 35.5. The van der Waals surface area contributed by atoms with Crippen molar-refractivity contribution < 1.29 is 8.42 Å². The molecule has 21 heavy (non-hydrogen) atoms. The molecule has 0 unspecified atom stereocenters. The summed E-state index contributed by atoms with van der Waals surface area (Å²) in [5.74, 6) is 0.654. The Morgan fingerprint density at radius 2 is 1.86 bits per heavy atom. The zero-order valence-corrected chi connectivity index (χ0v) is 14.8. The fourth-order valence-electron chi connectivity index (χ4n) is 2.59. The van der Waals surface area contributed by atoms with Crippen molar-refractivity contribution in [3.8, 4) is 0 Å². The first-order chi connectivity index (χ1) is 9.77. The first-order valence-corrected chi connectivity index (χ1v) is 9.42. The largest absolute Gasteiger partial charge is 0.243 e. The van der Waals surface area contributed by atoms with Gasteiger partial charge in [0.15, 0.2) is 0 Å². The fraction of sp³-hybridized carbons (Fsp3) is 0.625. The summed E-state index contributed by atoms with van der Waals surface area (Å²) in [5.41, 5.74) is 2.74. The highest BCUT2D eigenvalue weighted by molar-refractivity contribution is 7.89. The van der Waals surface area contributed by atoms with Gasteiger partial charge in [0.1, 0.15) is 0 Å². The smallest absolute Gasteiger partial charge is 0.207 e. The lowest BCUT2D eigenvalue weighted by molar-refractivity contribution is 0.360. The molecule has 1 aromatic carbocycles. The molecule has 0 N–H and O–H groups in total. The van der Waals surface area contributed by atoms with Gasteiger partial charge in [-0.2, -0.15) is 4.31 Å². The Morgan fingerprint density at radius 3 is 2.33 bits per heavy atom. The van der Waals surface area contributed by atoms with E-state index in [2.05, 4.69) is 13.8 Å². The predicted molar refractivity (Wildman–Crippen MR) is 87.2 cm³/mol. The van der Waals surface area contributed by atoms with Gasteiger partial charge >= 0.3 is 0 Å². The summed E-state index contributed by atoms with van der Waals surface area (Å²) < 4.78 is 27.8. The van der Waals surface area contributed by atoms with Crippen molar-refractivity contribution in [1.29, 1.82) is 0 Å². The van der Waals surface area contributed by atoms with Crippen molar-refractivity contribution >= 4 is 21.6 Å². The van der Waals surface area contributed by atoms with E-state index in [-0.39, 0.29) is 6.04 Å². The van der Waals surface area contributed by atoms with Crippen molar-refractivity contribution in [3.63, 3.8) is 0 Å². The first-order valence-electron chi connectivity index (χ1n) is 7.45.